The minimum atomic E-state index is -4.65. The van der Waals surface area contributed by atoms with Crippen molar-refractivity contribution < 1.29 is 41.8 Å². The highest BCUT2D eigenvalue weighted by Crippen LogP contribution is 2.31. The molecule has 3 heterocycles. The lowest BCUT2D eigenvalue weighted by Gasteiger charge is -2.27. The highest BCUT2D eigenvalue weighted by molar-refractivity contribution is 5.95. The van der Waals surface area contributed by atoms with Crippen LogP contribution in [0.3, 0.4) is 0 Å². The molecule has 3 rings (SSSR count). The van der Waals surface area contributed by atoms with Crippen LogP contribution < -0.4 is 0 Å². The highest BCUT2D eigenvalue weighted by Gasteiger charge is 2.41. The Morgan fingerprint density at radius 3 is 2.39 bits per heavy atom. The predicted octanol–water partition coefficient (Wildman–Crippen LogP) is 4.71. The number of nitrogens with zero attached hydrogens (tertiary/aromatic N) is 3. The number of carboxylic acid groups (broad SMARTS) is 1. The molecule has 36 heavy (non-hydrogen) atoms. The molecule has 12 heteroatoms. The number of pyridine rings is 2. The number of carbonyl (C=O) groups is 3. The molecule has 0 spiro atoms. The summed E-state index contributed by atoms with van der Waals surface area (Å²) in [5.74, 6) is -1.75. The number of aryl methyl sites for hydroxylation is 1. The van der Waals surface area contributed by atoms with Crippen molar-refractivity contribution >= 4 is 17.8 Å². The topological polar surface area (TPSA) is 110 Å². The second-order valence-electron chi connectivity index (χ2n) is 9.40. The number of carboxylic acids is 1. The Morgan fingerprint density at radius 1 is 1.14 bits per heavy atom. The van der Waals surface area contributed by atoms with Crippen molar-refractivity contribution in [2.45, 2.75) is 64.0 Å². The van der Waals surface area contributed by atoms with Gasteiger partial charge in [-0.25, -0.2) is 14.0 Å². The van der Waals surface area contributed by atoms with Gasteiger partial charge in [-0.2, -0.15) is 13.2 Å². The minimum Gasteiger partial charge on any atom is -0.478 e. The lowest BCUT2D eigenvalue weighted by molar-refractivity contribution is -0.141. The van der Waals surface area contributed by atoms with E-state index in [9.17, 15) is 37.1 Å². The zero-order valence-corrected chi connectivity index (χ0v) is 19.8. The number of ether oxygens (including phenoxy) is 1. The average Bonchev–Trinajstić information content (AvgIpc) is 3.17. The van der Waals surface area contributed by atoms with E-state index in [0.29, 0.717) is 5.69 Å². The summed E-state index contributed by atoms with van der Waals surface area (Å²) in [5, 5.41) is 9.47. The number of halogens is 4. The second-order valence-corrected chi connectivity index (χ2v) is 9.40. The van der Waals surface area contributed by atoms with Crippen LogP contribution >= 0.6 is 0 Å². The Bertz CT molecular complexity index is 1150. The first-order valence-electron chi connectivity index (χ1n) is 11.1. The molecule has 2 atom stereocenters. The summed E-state index contributed by atoms with van der Waals surface area (Å²) in [5.41, 5.74) is -1.69. The van der Waals surface area contributed by atoms with Crippen molar-refractivity contribution in [3.8, 4) is 11.1 Å². The predicted molar refractivity (Wildman–Crippen MR) is 119 cm³/mol. The van der Waals surface area contributed by atoms with E-state index in [4.69, 9.17) is 4.74 Å². The fourth-order valence-corrected chi connectivity index (χ4v) is 3.80. The number of hydrogen-bond acceptors (Lipinski definition) is 6. The number of aromatic carboxylic acids is 1. The Hall–Kier alpha value is -3.57. The van der Waals surface area contributed by atoms with Gasteiger partial charge in [-0.05, 0) is 39.3 Å². The second kappa shape index (κ2) is 10.2. The molecule has 0 bridgehead atoms. The summed E-state index contributed by atoms with van der Waals surface area (Å²) in [6, 6.07) is 2.19. The smallest absolute Gasteiger partial charge is 0.433 e. The lowest BCUT2D eigenvalue weighted by Crippen LogP contribution is -2.43. The van der Waals surface area contributed by atoms with Crippen LogP contribution in [-0.4, -0.2) is 62.2 Å². The molecular formula is C24H25F4N3O5. The maximum Gasteiger partial charge on any atom is 0.433 e. The Morgan fingerprint density at radius 2 is 1.83 bits per heavy atom. The number of ketones is 1. The maximum atomic E-state index is 14.1. The molecule has 0 saturated carbocycles. The van der Waals surface area contributed by atoms with Gasteiger partial charge in [0.05, 0.1) is 18.2 Å². The van der Waals surface area contributed by atoms with Crippen LogP contribution in [0, 0.1) is 0 Å². The van der Waals surface area contributed by atoms with Crippen molar-refractivity contribution in [2.75, 3.05) is 6.54 Å². The van der Waals surface area contributed by atoms with Gasteiger partial charge in [0.25, 0.3) is 0 Å². The molecule has 2 aromatic heterocycles. The summed E-state index contributed by atoms with van der Waals surface area (Å²) < 4.78 is 57.8. The third kappa shape index (κ3) is 6.55. The molecule has 0 radical (unpaired) electrons. The molecule has 0 unspecified atom stereocenters. The minimum absolute atomic E-state index is 0.0371. The van der Waals surface area contributed by atoms with Crippen molar-refractivity contribution in [1.29, 1.82) is 0 Å². The van der Waals surface area contributed by atoms with Crippen molar-refractivity contribution in [2.24, 2.45) is 0 Å². The molecular weight excluding hydrogens is 486 g/mol. The number of amides is 1. The van der Waals surface area contributed by atoms with Gasteiger partial charge in [0.1, 0.15) is 17.5 Å². The molecule has 1 amide bonds. The summed E-state index contributed by atoms with van der Waals surface area (Å²) >= 11 is 0. The van der Waals surface area contributed by atoms with Crippen LogP contribution in [0.15, 0.2) is 30.6 Å². The van der Waals surface area contributed by atoms with Crippen molar-refractivity contribution in [1.82, 2.24) is 14.9 Å². The third-order valence-electron chi connectivity index (χ3n) is 5.43. The number of carbonyl (C=O) groups excluding carboxylic acids is 2. The molecule has 1 saturated heterocycles. The van der Waals surface area contributed by atoms with Crippen molar-refractivity contribution in [3.05, 3.63) is 47.5 Å². The fourth-order valence-electron chi connectivity index (χ4n) is 3.80. The van der Waals surface area contributed by atoms with Gasteiger partial charge in [0.2, 0.25) is 0 Å². The molecule has 1 aliphatic rings. The van der Waals surface area contributed by atoms with E-state index in [0.717, 1.165) is 29.4 Å². The molecule has 1 fully saturated rings. The SMILES string of the molecule is CC(C)(C)OC(=O)N1C[C@H](F)C[C@H]1C(=O)CCc1cc(-c2ccc(C(F)(F)F)nc2)c(C(=O)O)cn1. The van der Waals surface area contributed by atoms with Crippen LogP contribution in [0.25, 0.3) is 11.1 Å². The van der Waals surface area contributed by atoms with Gasteiger partial charge in [0, 0.05) is 42.1 Å². The largest absolute Gasteiger partial charge is 0.478 e. The van der Waals surface area contributed by atoms with Crippen LogP contribution in [0.2, 0.25) is 0 Å². The molecule has 2 aromatic rings. The van der Waals surface area contributed by atoms with Gasteiger partial charge < -0.3 is 9.84 Å². The summed E-state index contributed by atoms with van der Waals surface area (Å²) in [7, 11) is 0. The average molecular weight is 511 g/mol. The Kier molecular flexibility index (Phi) is 7.65. The van der Waals surface area contributed by atoms with Gasteiger partial charge in [-0.15, -0.1) is 0 Å². The molecule has 194 valence electrons. The Labute approximate surface area is 204 Å². The van der Waals surface area contributed by atoms with E-state index in [1.165, 1.54) is 6.07 Å². The van der Waals surface area contributed by atoms with Crippen molar-refractivity contribution in [3.63, 3.8) is 0 Å². The Balaban J connectivity index is 1.78. The fraction of sp³-hybridized carbons (Fsp3) is 0.458. The first kappa shape index (κ1) is 27.0. The number of aromatic nitrogens is 2. The van der Waals surface area contributed by atoms with E-state index in [1.54, 1.807) is 20.8 Å². The quantitative estimate of drug-likeness (QED) is 0.560. The highest BCUT2D eigenvalue weighted by atomic mass is 19.4. The van der Waals surface area contributed by atoms with Gasteiger partial charge in [0.15, 0.2) is 5.78 Å². The van der Waals surface area contributed by atoms with Gasteiger partial charge in [-0.3, -0.25) is 19.7 Å². The molecule has 1 aliphatic heterocycles. The van der Waals surface area contributed by atoms with E-state index in [1.807, 2.05) is 0 Å². The number of alkyl halides is 4. The van der Waals surface area contributed by atoms with Crippen LogP contribution in [0.4, 0.5) is 22.4 Å². The standard InChI is InChI=1S/C24H25F4N3O5/c1-23(2,3)36-22(35)31-12-14(25)8-18(31)19(32)6-5-15-9-16(17(11-29-15)21(33)34)13-4-7-20(30-10-13)24(26,27)28/h4,7,9-11,14,18H,5-6,8,12H2,1-3H3,(H,33,34)/t14-,18+/m1/s1. The summed E-state index contributed by atoms with van der Waals surface area (Å²) in [6.07, 6.45) is -5.10. The molecule has 0 aromatic carbocycles. The van der Waals surface area contributed by atoms with Crippen LogP contribution in [-0.2, 0) is 22.1 Å². The lowest BCUT2D eigenvalue weighted by atomic mass is 9.99. The number of likely N-dealkylation sites (tertiary alicyclic amines) is 1. The van der Waals surface area contributed by atoms with Crippen LogP contribution in [0.1, 0.15) is 55.4 Å². The van der Waals surface area contributed by atoms with E-state index < -0.39 is 47.5 Å². The first-order valence-corrected chi connectivity index (χ1v) is 11.1. The number of hydrogen-bond donors (Lipinski definition) is 1. The van der Waals surface area contributed by atoms with E-state index in [-0.39, 0.29) is 42.5 Å². The number of rotatable bonds is 6. The summed E-state index contributed by atoms with van der Waals surface area (Å²) in [4.78, 5) is 45.4. The first-order chi connectivity index (χ1) is 16.7. The zero-order valence-electron chi connectivity index (χ0n) is 19.8. The van der Waals surface area contributed by atoms with Gasteiger partial charge >= 0.3 is 18.2 Å². The zero-order chi connectivity index (χ0) is 26.8. The summed E-state index contributed by atoms with van der Waals surface area (Å²) in [6.45, 7) is 4.70. The number of Topliss-reactive ketones (excluding diaryl/α,β-unsaturated/α-hetero) is 1. The third-order valence-corrected chi connectivity index (χ3v) is 5.43. The molecule has 1 N–H and O–H groups in total. The monoisotopic (exact) mass is 511 g/mol. The normalized spacial score (nSPS) is 18.2. The van der Waals surface area contributed by atoms with E-state index >= 15 is 0 Å². The molecule has 0 aliphatic carbocycles. The van der Waals surface area contributed by atoms with Gasteiger partial charge in [-0.1, -0.05) is 6.07 Å². The van der Waals surface area contributed by atoms with E-state index in [2.05, 4.69) is 9.97 Å². The van der Waals surface area contributed by atoms with Crippen LogP contribution in [0.5, 0.6) is 0 Å². The maximum absolute atomic E-state index is 14.1. The molecule has 8 nitrogen and oxygen atoms in total.